The van der Waals surface area contributed by atoms with Crippen LogP contribution < -0.4 is 4.90 Å². The number of aliphatic carboxylic acids is 1. The maximum absolute atomic E-state index is 11.3. The van der Waals surface area contributed by atoms with E-state index in [4.69, 9.17) is 0 Å². The van der Waals surface area contributed by atoms with Crippen molar-refractivity contribution in [3.63, 3.8) is 0 Å². The molecule has 1 aliphatic heterocycles. The van der Waals surface area contributed by atoms with Crippen molar-refractivity contribution >= 4 is 11.7 Å². The lowest BCUT2D eigenvalue weighted by molar-refractivity contribution is -0.138. The summed E-state index contributed by atoms with van der Waals surface area (Å²) in [5.74, 6) is -0.736. The van der Waals surface area contributed by atoms with Crippen molar-refractivity contribution in [1.82, 2.24) is 0 Å². The number of fused-ring (bicyclic) bond motifs is 1. The first-order valence-electron chi connectivity index (χ1n) is 5.92. The fourth-order valence-corrected chi connectivity index (χ4v) is 2.35. The van der Waals surface area contributed by atoms with Gasteiger partial charge in [0.1, 0.15) is 6.04 Å². The Balaban J connectivity index is 2.18. The van der Waals surface area contributed by atoms with E-state index in [2.05, 4.69) is 6.58 Å². The molecule has 3 nitrogen and oxygen atoms in total. The molecule has 1 aromatic carbocycles. The van der Waals surface area contributed by atoms with Crippen molar-refractivity contribution in [2.75, 3.05) is 11.4 Å². The third-order valence-electron chi connectivity index (χ3n) is 3.18. The van der Waals surface area contributed by atoms with Crippen LogP contribution in [-0.4, -0.2) is 23.7 Å². The molecule has 1 atom stereocenters. The van der Waals surface area contributed by atoms with Gasteiger partial charge in [-0.15, -0.1) is 6.58 Å². The van der Waals surface area contributed by atoms with Crippen LogP contribution in [0.1, 0.15) is 18.4 Å². The molecule has 1 heterocycles. The van der Waals surface area contributed by atoms with Gasteiger partial charge in [0.25, 0.3) is 0 Å². The van der Waals surface area contributed by atoms with E-state index in [9.17, 15) is 9.90 Å². The molecule has 90 valence electrons. The normalized spacial score (nSPS) is 17.9. The van der Waals surface area contributed by atoms with Crippen LogP contribution in [0.15, 0.2) is 36.9 Å². The number of para-hydroxylation sites is 1. The fraction of sp³-hybridized carbons (Fsp3) is 0.357. The van der Waals surface area contributed by atoms with Gasteiger partial charge < -0.3 is 10.0 Å². The van der Waals surface area contributed by atoms with Gasteiger partial charge >= 0.3 is 5.97 Å². The third-order valence-corrected chi connectivity index (χ3v) is 3.18. The Labute approximate surface area is 101 Å². The highest BCUT2D eigenvalue weighted by Gasteiger charge is 2.33. The number of carboxylic acids is 1. The smallest absolute Gasteiger partial charge is 0.326 e. The maximum Gasteiger partial charge on any atom is 0.326 e. The Bertz CT molecular complexity index is 428. The Morgan fingerprint density at radius 1 is 1.53 bits per heavy atom. The molecule has 3 heteroatoms. The number of benzene rings is 1. The lowest BCUT2D eigenvalue weighted by atomic mass is 10.1. The van der Waals surface area contributed by atoms with Crippen LogP contribution in [0, 0.1) is 0 Å². The molecule has 0 saturated carbocycles. The van der Waals surface area contributed by atoms with E-state index in [0.29, 0.717) is 6.42 Å². The molecule has 0 aliphatic carbocycles. The number of unbranched alkanes of at least 4 members (excludes halogenated alkanes) is 1. The first kappa shape index (κ1) is 11.7. The minimum absolute atomic E-state index is 0.405. The molecule has 1 aromatic rings. The van der Waals surface area contributed by atoms with Crippen molar-refractivity contribution < 1.29 is 9.90 Å². The van der Waals surface area contributed by atoms with Gasteiger partial charge in [0, 0.05) is 18.7 Å². The van der Waals surface area contributed by atoms with Crippen molar-refractivity contribution in [3.05, 3.63) is 42.5 Å². The molecule has 2 rings (SSSR count). The third kappa shape index (κ3) is 2.33. The van der Waals surface area contributed by atoms with Crippen molar-refractivity contribution in [2.24, 2.45) is 0 Å². The van der Waals surface area contributed by atoms with Gasteiger partial charge in [-0.2, -0.15) is 0 Å². The second-order valence-corrected chi connectivity index (χ2v) is 4.31. The Morgan fingerprint density at radius 3 is 3.00 bits per heavy atom. The number of anilines is 1. The second kappa shape index (κ2) is 5.04. The highest BCUT2D eigenvalue weighted by Crippen LogP contribution is 2.32. The molecule has 0 saturated heterocycles. The molecule has 1 unspecified atom stereocenters. The Morgan fingerprint density at radius 2 is 2.29 bits per heavy atom. The molecule has 0 bridgehead atoms. The number of rotatable bonds is 5. The van der Waals surface area contributed by atoms with E-state index >= 15 is 0 Å². The van der Waals surface area contributed by atoms with Gasteiger partial charge in [-0.1, -0.05) is 24.3 Å². The lowest BCUT2D eigenvalue weighted by Gasteiger charge is -2.24. The molecular formula is C14H17NO2. The van der Waals surface area contributed by atoms with Crippen molar-refractivity contribution in [3.8, 4) is 0 Å². The number of carbonyl (C=O) groups is 1. The van der Waals surface area contributed by atoms with E-state index < -0.39 is 12.0 Å². The summed E-state index contributed by atoms with van der Waals surface area (Å²) < 4.78 is 0. The van der Waals surface area contributed by atoms with Crippen molar-refractivity contribution in [2.45, 2.75) is 25.3 Å². The molecular weight excluding hydrogens is 214 g/mol. The number of allylic oxidation sites excluding steroid dienone is 1. The topological polar surface area (TPSA) is 40.5 Å². The van der Waals surface area contributed by atoms with Crippen LogP contribution in [0.5, 0.6) is 0 Å². The standard InChI is InChI=1S/C14H17NO2/c1-2-3-6-9-15-12-8-5-4-7-11(12)10-13(15)14(16)17/h2,4-5,7-8,13H,1,3,6,9-10H2,(H,16,17). The quantitative estimate of drug-likeness (QED) is 0.625. The zero-order chi connectivity index (χ0) is 12.3. The summed E-state index contributed by atoms with van der Waals surface area (Å²) in [5.41, 5.74) is 2.21. The van der Waals surface area contributed by atoms with E-state index in [0.717, 1.165) is 30.6 Å². The van der Waals surface area contributed by atoms with Crippen LogP contribution in [0.25, 0.3) is 0 Å². The monoisotopic (exact) mass is 231 g/mol. The minimum atomic E-state index is -0.736. The van der Waals surface area contributed by atoms with Gasteiger partial charge in [-0.3, -0.25) is 0 Å². The molecule has 1 aliphatic rings. The fourth-order valence-electron chi connectivity index (χ4n) is 2.35. The van der Waals surface area contributed by atoms with Gasteiger partial charge in [-0.05, 0) is 24.5 Å². The summed E-state index contributed by atoms with van der Waals surface area (Å²) in [6.07, 6.45) is 4.35. The van der Waals surface area contributed by atoms with Crippen LogP contribution in [0.2, 0.25) is 0 Å². The summed E-state index contributed by atoms with van der Waals surface area (Å²) in [6, 6.07) is 7.54. The minimum Gasteiger partial charge on any atom is -0.480 e. The van der Waals surface area contributed by atoms with Crippen LogP contribution in [0.4, 0.5) is 5.69 Å². The second-order valence-electron chi connectivity index (χ2n) is 4.31. The van der Waals surface area contributed by atoms with Crippen LogP contribution in [0.3, 0.4) is 0 Å². The maximum atomic E-state index is 11.3. The molecule has 0 fully saturated rings. The molecule has 0 radical (unpaired) electrons. The van der Waals surface area contributed by atoms with Crippen LogP contribution in [-0.2, 0) is 11.2 Å². The highest BCUT2D eigenvalue weighted by atomic mass is 16.4. The predicted octanol–water partition coefficient (Wildman–Crippen LogP) is 2.47. The Hall–Kier alpha value is -1.77. The molecule has 17 heavy (non-hydrogen) atoms. The lowest BCUT2D eigenvalue weighted by Crippen LogP contribution is -2.39. The number of carboxylic acid groups (broad SMARTS) is 1. The van der Waals surface area contributed by atoms with E-state index in [1.165, 1.54) is 0 Å². The molecule has 0 aromatic heterocycles. The van der Waals surface area contributed by atoms with Crippen LogP contribution >= 0.6 is 0 Å². The van der Waals surface area contributed by atoms with Gasteiger partial charge in [0.15, 0.2) is 0 Å². The first-order chi connectivity index (χ1) is 8.24. The van der Waals surface area contributed by atoms with E-state index in [1.807, 2.05) is 35.2 Å². The first-order valence-corrected chi connectivity index (χ1v) is 5.92. The summed E-state index contributed by atoms with van der Waals surface area (Å²) >= 11 is 0. The SMILES string of the molecule is C=CCCCN1c2ccccc2CC1C(=O)O. The predicted molar refractivity (Wildman–Crippen MR) is 68.3 cm³/mol. The Kier molecular flexibility index (Phi) is 3.47. The summed E-state index contributed by atoms with van der Waals surface area (Å²) in [6.45, 7) is 4.47. The summed E-state index contributed by atoms with van der Waals surface area (Å²) in [5, 5.41) is 9.25. The molecule has 0 spiro atoms. The summed E-state index contributed by atoms with van der Waals surface area (Å²) in [7, 11) is 0. The van der Waals surface area contributed by atoms with Gasteiger partial charge in [0.05, 0.1) is 0 Å². The average Bonchev–Trinajstić information content (AvgIpc) is 2.69. The highest BCUT2D eigenvalue weighted by molar-refractivity contribution is 5.82. The number of hydrogen-bond donors (Lipinski definition) is 1. The van der Waals surface area contributed by atoms with Crippen molar-refractivity contribution in [1.29, 1.82) is 0 Å². The molecule has 0 amide bonds. The van der Waals surface area contributed by atoms with E-state index in [-0.39, 0.29) is 0 Å². The van der Waals surface area contributed by atoms with E-state index in [1.54, 1.807) is 0 Å². The summed E-state index contributed by atoms with van der Waals surface area (Å²) in [4.78, 5) is 13.3. The zero-order valence-corrected chi connectivity index (χ0v) is 9.80. The largest absolute Gasteiger partial charge is 0.480 e. The van der Waals surface area contributed by atoms with Gasteiger partial charge in [0.2, 0.25) is 0 Å². The average molecular weight is 231 g/mol. The zero-order valence-electron chi connectivity index (χ0n) is 9.80. The number of nitrogens with zero attached hydrogens (tertiary/aromatic N) is 1. The molecule has 1 N–H and O–H groups in total. The number of hydrogen-bond acceptors (Lipinski definition) is 2. The van der Waals surface area contributed by atoms with Gasteiger partial charge in [-0.25, -0.2) is 4.79 Å².